The first kappa shape index (κ1) is 12.2. The first-order valence-corrected chi connectivity index (χ1v) is 8.69. The average Bonchev–Trinajstić information content (AvgIpc) is 2.00. The molecule has 0 unspecified atom stereocenters. The molecule has 3 heteroatoms. The van der Waals surface area contributed by atoms with E-state index in [0.717, 1.165) is 6.16 Å². The van der Waals surface area contributed by atoms with Crippen molar-refractivity contribution in [2.75, 3.05) is 20.0 Å². The Balaban J connectivity index is 2.83. The topological polar surface area (TPSA) is 26.3 Å². The van der Waals surface area contributed by atoms with Crippen LogP contribution in [0.3, 0.4) is 0 Å². The predicted molar refractivity (Wildman–Crippen MR) is 66.6 cm³/mol. The van der Waals surface area contributed by atoms with E-state index in [1.165, 1.54) is 12.5 Å². The Kier molecular flexibility index (Phi) is 3.20. The molecular formula is C12H19O2P. The van der Waals surface area contributed by atoms with Crippen molar-refractivity contribution < 1.29 is 9.32 Å². The Morgan fingerprint density at radius 1 is 1.20 bits per heavy atom. The minimum atomic E-state index is -2.32. The summed E-state index contributed by atoms with van der Waals surface area (Å²) in [6.45, 7) is 5.36. The Labute approximate surface area is 91.7 Å². The van der Waals surface area contributed by atoms with Crippen LogP contribution >= 0.6 is 6.83 Å². The number of carbonyl (C=O) groups excluding carboxylic acids is 1. The van der Waals surface area contributed by atoms with Gasteiger partial charge < -0.3 is 0 Å². The normalized spacial score (nSPS) is 14.0. The van der Waals surface area contributed by atoms with E-state index in [0.29, 0.717) is 0 Å². The second-order valence-corrected chi connectivity index (χ2v) is 11.6. The van der Waals surface area contributed by atoms with Crippen LogP contribution in [0.25, 0.3) is 0 Å². The third kappa shape index (κ3) is 4.44. The molecular weight excluding hydrogens is 207 g/mol. The SMILES string of the molecule is CC(=O)OP(C)(C)(C)Cc1ccccc1. The van der Waals surface area contributed by atoms with Crippen LogP contribution in [0.4, 0.5) is 0 Å². The van der Waals surface area contributed by atoms with E-state index in [1.807, 2.05) is 18.2 Å². The van der Waals surface area contributed by atoms with Gasteiger partial charge >= 0.3 is 91.1 Å². The van der Waals surface area contributed by atoms with Crippen LogP contribution in [0.5, 0.6) is 0 Å². The van der Waals surface area contributed by atoms with Gasteiger partial charge in [0.05, 0.1) is 0 Å². The van der Waals surface area contributed by atoms with Crippen LogP contribution in [-0.2, 0) is 15.5 Å². The Morgan fingerprint density at radius 3 is 2.20 bits per heavy atom. The van der Waals surface area contributed by atoms with E-state index >= 15 is 0 Å². The molecule has 0 amide bonds. The summed E-state index contributed by atoms with van der Waals surface area (Å²) in [7, 11) is 0. The summed E-state index contributed by atoms with van der Waals surface area (Å²) in [4.78, 5) is 11.1. The van der Waals surface area contributed by atoms with E-state index in [4.69, 9.17) is 4.52 Å². The van der Waals surface area contributed by atoms with Gasteiger partial charge in [-0.1, -0.05) is 0 Å². The molecule has 0 aliphatic heterocycles. The van der Waals surface area contributed by atoms with Crippen LogP contribution in [0, 0.1) is 0 Å². The summed E-state index contributed by atoms with van der Waals surface area (Å²) in [6.07, 6.45) is 0.839. The predicted octanol–water partition coefficient (Wildman–Crippen LogP) is 3.11. The molecule has 15 heavy (non-hydrogen) atoms. The average molecular weight is 226 g/mol. The number of rotatable bonds is 3. The molecule has 1 aromatic carbocycles. The van der Waals surface area contributed by atoms with Gasteiger partial charge in [-0.3, -0.25) is 0 Å². The van der Waals surface area contributed by atoms with Crippen molar-refractivity contribution in [1.82, 2.24) is 0 Å². The summed E-state index contributed by atoms with van der Waals surface area (Å²) in [6, 6.07) is 10.2. The quantitative estimate of drug-likeness (QED) is 0.740. The number of carbonyl (C=O) groups is 1. The second-order valence-electron chi connectivity index (χ2n) is 5.19. The Bertz CT molecular complexity index is 349. The summed E-state index contributed by atoms with van der Waals surface area (Å²) in [5.41, 5.74) is 1.23. The van der Waals surface area contributed by atoms with Gasteiger partial charge in [-0.25, -0.2) is 0 Å². The van der Waals surface area contributed by atoms with Crippen molar-refractivity contribution in [1.29, 1.82) is 0 Å². The second kappa shape index (κ2) is 3.94. The molecule has 0 N–H and O–H groups in total. The van der Waals surface area contributed by atoms with Crippen molar-refractivity contribution in [3.05, 3.63) is 35.9 Å². The molecule has 2 nitrogen and oxygen atoms in total. The molecule has 0 saturated heterocycles. The van der Waals surface area contributed by atoms with Crippen LogP contribution in [0.1, 0.15) is 12.5 Å². The zero-order valence-corrected chi connectivity index (χ0v) is 10.8. The van der Waals surface area contributed by atoms with Crippen molar-refractivity contribution in [2.45, 2.75) is 13.1 Å². The summed E-state index contributed by atoms with van der Waals surface area (Å²) < 4.78 is 5.52. The van der Waals surface area contributed by atoms with Gasteiger partial charge in [0, 0.05) is 0 Å². The Hall–Kier alpha value is -0.880. The maximum atomic E-state index is 11.1. The zero-order chi connectivity index (χ0) is 11.6. The van der Waals surface area contributed by atoms with Crippen LogP contribution < -0.4 is 0 Å². The standard InChI is InChI=1S/C12H19O2P/c1-11(13)14-15(2,3,4)10-12-8-6-5-7-9-12/h5-9H,10H2,1-4H3. The first-order chi connectivity index (χ1) is 6.76. The third-order valence-corrected chi connectivity index (χ3v) is 4.41. The molecule has 0 atom stereocenters. The molecule has 0 saturated carbocycles. The molecule has 0 spiro atoms. The van der Waals surface area contributed by atoms with E-state index in [-0.39, 0.29) is 5.97 Å². The van der Waals surface area contributed by atoms with Gasteiger partial charge in [0.1, 0.15) is 0 Å². The number of hydrogen-bond donors (Lipinski definition) is 0. The monoisotopic (exact) mass is 226 g/mol. The van der Waals surface area contributed by atoms with Crippen molar-refractivity contribution in [3.8, 4) is 0 Å². The fourth-order valence-electron chi connectivity index (χ4n) is 1.71. The molecule has 0 bridgehead atoms. The van der Waals surface area contributed by atoms with Crippen LogP contribution in [-0.4, -0.2) is 26.0 Å². The van der Waals surface area contributed by atoms with Gasteiger partial charge in [0.2, 0.25) is 0 Å². The van der Waals surface area contributed by atoms with E-state index in [1.54, 1.807) is 0 Å². The van der Waals surface area contributed by atoms with Gasteiger partial charge in [-0.05, 0) is 0 Å². The minimum absolute atomic E-state index is 0.184. The van der Waals surface area contributed by atoms with E-state index < -0.39 is 6.83 Å². The molecule has 1 aromatic rings. The molecule has 0 aliphatic rings. The van der Waals surface area contributed by atoms with Crippen LogP contribution in [0.15, 0.2) is 30.3 Å². The van der Waals surface area contributed by atoms with Crippen molar-refractivity contribution in [3.63, 3.8) is 0 Å². The summed E-state index contributed by atoms with van der Waals surface area (Å²) in [5, 5.41) is 0. The molecule has 0 radical (unpaired) electrons. The molecule has 0 aromatic heterocycles. The summed E-state index contributed by atoms with van der Waals surface area (Å²) in [5.74, 6) is -0.184. The van der Waals surface area contributed by atoms with E-state index in [9.17, 15) is 4.79 Å². The zero-order valence-electron chi connectivity index (χ0n) is 9.86. The maximum absolute atomic E-state index is 11.1. The molecule has 1 rings (SSSR count). The summed E-state index contributed by atoms with van der Waals surface area (Å²) >= 11 is 0. The third-order valence-electron chi connectivity index (χ3n) is 2.03. The molecule has 0 heterocycles. The van der Waals surface area contributed by atoms with E-state index in [2.05, 4.69) is 32.1 Å². The fraction of sp³-hybridized carbons (Fsp3) is 0.417. The van der Waals surface area contributed by atoms with Crippen LogP contribution in [0.2, 0.25) is 0 Å². The molecule has 84 valence electrons. The molecule has 0 fully saturated rings. The number of benzene rings is 1. The first-order valence-electron chi connectivity index (χ1n) is 5.01. The van der Waals surface area contributed by atoms with Gasteiger partial charge in [-0.15, -0.1) is 0 Å². The van der Waals surface area contributed by atoms with Gasteiger partial charge in [-0.2, -0.15) is 0 Å². The fourth-order valence-corrected chi connectivity index (χ4v) is 4.19. The number of hydrogen-bond acceptors (Lipinski definition) is 2. The van der Waals surface area contributed by atoms with Crippen molar-refractivity contribution >= 4 is 12.8 Å². The van der Waals surface area contributed by atoms with Gasteiger partial charge in [0.15, 0.2) is 0 Å². The Morgan fingerprint density at radius 2 is 1.73 bits per heavy atom. The van der Waals surface area contributed by atoms with Crippen molar-refractivity contribution in [2.24, 2.45) is 0 Å². The molecule has 0 aliphatic carbocycles. The van der Waals surface area contributed by atoms with Gasteiger partial charge in [0.25, 0.3) is 0 Å².